The van der Waals surface area contributed by atoms with Gasteiger partial charge in [-0.15, -0.1) is 0 Å². The first kappa shape index (κ1) is 22.2. The average molecular weight is 433 g/mol. The van der Waals surface area contributed by atoms with Gasteiger partial charge in [0.2, 0.25) is 15.9 Å². The summed E-state index contributed by atoms with van der Waals surface area (Å²) in [7, 11) is 0.720. The zero-order valence-electron chi connectivity index (χ0n) is 17.8. The minimum absolute atomic E-state index is 0.0948. The number of sulfonamides is 1. The fourth-order valence-corrected chi connectivity index (χ4v) is 4.62. The van der Waals surface area contributed by atoms with Gasteiger partial charge >= 0.3 is 0 Å². The molecule has 0 saturated carbocycles. The number of nitrogens with one attached hydrogen (secondary N) is 3. The van der Waals surface area contributed by atoms with E-state index in [-0.39, 0.29) is 22.6 Å². The Hall–Kier alpha value is -2.46. The smallest absolute Gasteiger partial charge is 0.246 e. The molecule has 2 unspecified atom stereocenters. The molecule has 1 saturated heterocycles. The van der Waals surface area contributed by atoms with E-state index in [0.717, 1.165) is 26.7 Å². The number of carbonyl (C=O) groups excluding carboxylic acids is 1. The minimum atomic E-state index is -3.67. The molecule has 1 fully saturated rings. The highest BCUT2D eigenvalue weighted by Crippen LogP contribution is 2.31. The average Bonchev–Trinajstić information content (AvgIpc) is 3.17. The number of carbonyl (C=O) groups is 1. The van der Waals surface area contributed by atoms with Gasteiger partial charge in [0.1, 0.15) is 16.7 Å². The van der Waals surface area contributed by atoms with Crippen molar-refractivity contribution >= 4 is 21.6 Å². The van der Waals surface area contributed by atoms with Gasteiger partial charge in [-0.1, -0.05) is 12.1 Å². The normalized spacial score (nSPS) is 19.1. The first-order valence-corrected chi connectivity index (χ1v) is 11.1. The molecule has 1 aliphatic rings. The first-order valence-electron chi connectivity index (χ1n) is 9.62. The van der Waals surface area contributed by atoms with Crippen molar-refractivity contribution in [1.29, 1.82) is 0 Å². The number of rotatable bonds is 6. The summed E-state index contributed by atoms with van der Waals surface area (Å²) >= 11 is 0. The number of amides is 1. The predicted molar refractivity (Wildman–Crippen MR) is 116 cm³/mol. The van der Waals surface area contributed by atoms with Crippen LogP contribution in [0.2, 0.25) is 0 Å². The summed E-state index contributed by atoms with van der Waals surface area (Å²) in [4.78, 5) is 12.8. The third kappa shape index (κ3) is 4.65. The molecule has 30 heavy (non-hydrogen) atoms. The van der Waals surface area contributed by atoms with E-state index in [0.29, 0.717) is 6.42 Å². The largest absolute Gasteiger partial charge is 0.495 e. The third-order valence-electron chi connectivity index (χ3n) is 5.06. The van der Waals surface area contributed by atoms with Crippen LogP contribution in [-0.2, 0) is 14.8 Å². The van der Waals surface area contributed by atoms with Crippen molar-refractivity contribution in [3.63, 3.8) is 0 Å². The van der Waals surface area contributed by atoms with Crippen molar-refractivity contribution in [3.05, 3.63) is 53.1 Å². The number of hydrogen-bond acceptors (Lipinski definition) is 6. The van der Waals surface area contributed by atoms with E-state index in [4.69, 9.17) is 4.74 Å². The Kier molecular flexibility index (Phi) is 6.47. The standard InChI is InChI=1S/C21H28N4O4S/c1-13-8-14(2)10-16(9-13)22-21(26)18-12-17(23-24-18)15-6-7-19(29-5)20(11-15)30(27,28)25(3)4/h6-11,17-18,23-24H,12H2,1-5H3,(H,22,26). The molecule has 0 spiro atoms. The molecule has 0 aromatic heterocycles. The van der Waals surface area contributed by atoms with E-state index >= 15 is 0 Å². The van der Waals surface area contributed by atoms with Gasteiger partial charge in [-0.05, 0) is 61.2 Å². The number of ether oxygens (including phenoxy) is 1. The molecule has 8 nitrogen and oxygen atoms in total. The highest BCUT2D eigenvalue weighted by Gasteiger charge is 2.32. The molecule has 2 atom stereocenters. The number of benzene rings is 2. The Bertz CT molecular complexity index is 1030. The molecule has 3 rings (SSSR count). The van der Waals surface area contributed by atoms with Crippen molar-refractivity contribution in [2.75, 3.05) is 26.5 Å². The van der Waals surface area contributed by atoms with Gasteiger partial charge in [-0.25, -0.2) is 23.6 Å². The molecule has 1 heterocycles. The maximum Gasteiger partial charge on any atom is 0.246 e. The van der Waals surface area contributed by atoms with Crippen LogP contribution in [0.15, 0.2) is 41.3 Å². The van der Waals surface area contributed by atoms with Crippen LogP contribution in [0.4, 0.5) is 5.69 Å². The summed E-state index contributed by atoms with van der Waals surface area (Å²) in [5.74, 6) is 0.132. The Morgan fingerprint density at radius 3 is 2.37 bits per heavy atom. The lowest BCUT2D eigenvalue weighted by Crippen LogP contribution is -2.39. The molecular formula is C21H28N4O4S. The number of nitrogens with zero attached hydrogens (tertiary/aromatic N) is 1. The summed E-state index contributed by atoms with van der Waals surface area (Å²) in [5.41, 5.74) is 9.77. The van der Waals surface area contributed by atoms with E-state index in [1.807, 2.05) is 32.0 Å². The molecular weight excluding hydrogens is 404 g/mol. The fraction of sp³-hybridized carbons (Fsp3) is 0.381. The minimum Gasteiger partial charge on any atom is -0.495 e. The van der Waals surface area contributed by atoms with Crippen LogP contribution in [0.25, 0.3) is 0 Å². The van der Waals surface area contributed by atoms with E-state index in [1.165, 1.54) is 21.2 Å². The van der Waals surface area contributed by atoms with Gasteiger partial charge < -0.3 is 10.1 Å². The second-order valence-corrected chi connectivity index (χ2v) is 9.81. The zero-order chi connectivity index (χ0) is 22.1. The highest BCUT2D eigenvalue weighted by molar-refractivity contribution is 7.89. The summed E-state index contributed by atoms with van der Waals surface area (Å²) in [6.45, 7) is 3.97. The van der Waals surface area contributed by atoms with Crippen molar-refractivity contribution in [2.45, 2.75) is 37.2 Å². The quantitative estimate of drug-likeness (QED) is 0.647. The predicted octanol–water partition coefficient (Wildman–Crippen LogP) is 2.11. The maximum absolute atomic E-state index is 12.7. The van der Waals surface area contributed by atoms with Crippen LogP contribution < -0.4 is 20.9 Å². The van der Waals surface area contributed by atoms with Gasteiger partial charge in [0, 0.05) is 25.8 Å². The van der Waals surface area contributed by atoms with Crippen molar-refractivity contribution in [1.82, 2.24) is 15.2 Å². The molecule has 2 aromatic rings. The summed E-state index contributed by atoms with van der Waals surface area (Å²) in [6, 6.07) is 10.3. The zero-order valence-corrected chi connectivity index (χ0v) is 18.6. The topological polar surface area (TPSA) is 99.8 Å². The Morgan fingerprint density at radius 2 is 1.77 bits per heavy atom. The lowest BCUT2D eigenvalue weighted by molar-refractivity contribution is -0.117. The molecule has 0 bridgehead atoms. The number of methoxy groups -OCH3 is 1. The molecule has 9 heteroatoms. The molecule has 2 aromatic carbocycles. The lowest BCUT2D eigenvalue weighted by atomic mass is 10.0. The van der Waals surface area contributed by atoms with Gasteiger partial charge in [-0.2, -0.15) is 0 Å². The second-order valence-electron chi connectivity index (χ2n) is 7.69. The van der Waals surface area contributed by atoms with Gasteiger partial charge in [0.05, 0.1) is 7.11 Å². The first-order chi connectivity index (χ1) is 14.1. The van der Waals surface area contributed by atoms with Crippen molar-refractivity contribution in [3.8, 4) is 5.75 Å². The fourth-order valence-electron chi connectivity index (χ4n) is 3.53. The molecule has 3 N–H and O–H groups in total. The van der Waals surface area contributed by atoms with E-state index in [2.05, 4.69) is 16.2 Å². The molecule has 0 radical (unpaired) electrons. The Morgan fingerprint density at radius 1 is 1.10 bits per heavy atom. The second kappa shape index (κ2) is 8.73. The van der Waals surface area contributed by atoms with Gasteiger partial charge in [0.15, 0.2) is 0 Å². The number of hydrogen-bond donors (Lipinski definition) is 3. The SMILES string of the molecule is COc1ccc(C2CC(C(=O)Nc3cc(C)cc(C)c3)NN2)cc1S(=O)(=O)N(C)C. The van der Waals surface area contributed by atoms with Crippen molar-refractivity contribution in [2.24, 2.45) is 0 Å². The Labute approximate surface area is 177 Å². The molecule has 1 aliphatic heterocycles. The lowest BCUT2D eigenvalue weighted by Gasteiger charge is -2.17. The third-order valence-corrected chi connectivity index (χ3v) is 6.89. The summed E-state index contributed by atoms with van der Waals surface area (Å²) in [5, 5.41) is 2.94. The highest BCUT2D eigenvalue weighted by atomic mass is 32.2. The van der Waals surface area contributed by atoms with Crippen LogP contribution in [0.1, 0.15) is 29.2 Å². The van der Waals surface area contributed by atoms with Crippen LogP contribution in [0.3, 0.4) is 0 Å². The number of anilines is 1. The summed E-state index contributed by atoms with van der Waals surface area (Å²) in [6.07, 6.45) is 0.477. The Balaban J connectivity index is 1.77. The van der Waals surface area contributed by atoms with Crippen LogP contribution in [-0.4, -0.2) is 45.9 Å². The maximum atomic E-state index is 12.7. The van der Waals surface area contributed by atoms with E-state index in [9.17, 15) is 13.2 Å². The molecule has 162 valence electrons. The molecule has 0 aliphatic carbocycles. The van der Waals surface area contributed by atoms with Crippen LogP contribution in [0, 0.1) is 13.8 Å². The van der Waals surface area contributed by atoms with Crippen LogP contribution >= 0.6 is 0 Å². The van der Waals surface area contributed by atoms with E-state index in [1.54, 1.807) is 18.2 Å². The van der Waals surface area contributed by atoms with E-state index < -0.39 is 16.1 Å². The number of hydrazine groups is 1. The van der Waals surface area contributed by atoms with Gasteiger partial charge in [-0.3, -0.25) is 4.79 Å². The number of aryl methyl sites for hydroxylation is 2. The molecule has 1 amide bonds. The summed E-state index contributed by atoms with van der Waals surface area (Å²) < 4.78 is 31.7. The van der Waals surface area contributed by atoms with Crippen molar-refractivity contribution < 1.29 is 17.9 Å². The van der Waals surface area contributed by atoms with Crippen LogP contribution in [0.5, 0.6) is 5.75 Å². The van der Waals surface area contributed by atoms with Gasteiger partial charge in [0.25, 0.3) is 0 Å². The monoisotopic (exact) mass is 432 g/mol.